The Morgan fingerprint density at radius 1 is 0.889 bits per heavy atom. The van der Waals surface area contributed by atoms with Gasteiger partial charge in [-0.3, -0.25) is 14.9 Å². The third-order valence-corrected chi connectivity index (χ3v) is 5.35. The van der Waals surface area contributed by atoms with Crippen LogP contribution in [-0.4, -0.2) is 49.6 Å². The smallest absolute Gasteiger partial charge is 0.339 e. The summed E-state index contributed by atoms with van der Waals surface area (Å²) in [6, 6.07) is 19.5. The Balaban J connectivity index is 1.26. The van der Waals surface area contributed by atoms with E-state index in [2.05, 4.69) is 10.6 Å². The number of benzene rings is 3. The lowest BCUT2D eigenvalue weighted by Gasteiger charge is -2.26. The molecule has 1 atom stereocenters. The van der Waals surface area contributed by atoms with Crippen molar-refractivity contribution in [3.05, 3.63) is 95.1 Å². The predicted molar refractivity (Wildman–Crippen MR) is 129 cm³/mol. The molecule has 0 bridgehead atoms. The van der Waals surface area contributed by atoms with Crippen LogP contribution in [0.3, 0.4) is 0 Å². The van der Waals surface area contributed by atoms with E-state index in [9.17, 15) is 19.2 Å². The number of rotatable bonds is 7. The number of esters is 1. The summed E-state index contributed by atoms with van der Waals surface area (Å²) in [6.07, 6.45) is -0.429. The Morgan fingerprint density at radius 3 is 2.31 bits per heavy atom. The zero-order chi connectivity index (χ0) is 25.5. The van der Waals surface area contributed by atoms with E-state index in [1.807, 2.05) is 19.1 Å². The molecule has 0 spiro atoms. The van der Waals surface area contributed by atoms with Gasteiger partial charge in [0.05, 0.1) is 12.1 Å². The molecule has 0 fully saturated rings. The standard InChI is InChI=1S/C27H24N2O7/c1-17-10-12-18(13-11-17)25(31)20-6-2-3-7-21(20)26(32)35-16-24(30)29-27(33)28-14-19-15-34-22-8-4-5-9-23(22)36-19/h2-13,19H,14-16H2,1H3,(H2,28,29,30,33). The number of amides is 3. The van der Waals surface area contributed by atoms with Crippen LogP contribution < -0.4 is 20.1 Å². The number of urea groups is 1. The van der Waals surface area contributed by atoms with Crippen LogP contribution in [0.1, 0.15) is 31.8 Å². The molecule has 2 N–H and O–H groups in total. The fourth-order valence-corrected chi connectivity index (χ4v) is 3.51. The minimum absolute atomic E-state index is 0.0232. The maximum Gasteiger partial charge on any atom is 0.339 e. The Labute approximate surface area is 207 Å². The zero-order valence-corrected chi connectivity index (χ0v) is 19.5. The Bertz CT molecular complexity index is 1290. The first-order valence-electron chi connectivity index (χ1n) is 11.2. The van der Waals surface area contributed by atoms with Gasteiger partial charge < -0.3 is 19.5 Å². The van der Waals surface area contributed by atoms with E-state index in [-0.39, 0.29) is 30.1 Å². The molecule has 3 amide bonds. The fraction of sp³-hybridized carbons (Fsp3) is 0.185. The van der Waals surface area contributed by atoms with E-state index >= 15 is 0 Å². The molecule has 0 aromatic heterocycles. The van der Waals surface area contributed by atoms with Crippen molar-refractivity contribution in [1.29, 1.82) is 0 Å². The number of hydrogen-bond donors (Lipinski definition) is 2. The summed E-state index contributed by atoms with van der Waals surface area (Å²) in [4.78, 5) is 49.6. The van der Waals surface area contributed by atoms with E-state index in [1.165, 1.54) is 12.1 Å². The highest BCUT2D eigenvalue weighted by Gasteiger charge is 2.22. The molecular weight excluding hydrogens is 464 g/mol. The highest BCUT2D eigenvalue weighted by molar-refractivity contribution is 6.14. The monoisotopic (exact) mass is 488 g/mol. The lowest BCUT2D eigenvalue weighted by atomic mass is 9.98. The van der Waals surface area contributed by atoms with Crippen LogP contribution in [0.2, 0.25) is 0 Å². The fourth-order valence-electron chi connectivity index (χ4n) is 3.51. The molecule has 0 saturated carbocycles. The van der Waals surface area contributed by atoms with Crippen LogP contribution in [0.4, 0.5) is 4.79 Å². The highest BCUT2D eigenvalue weighted by Crippen LogP contribution is 2.30. The number of ketones is 1. The molecular formula is C27H24N2O7. The molecule has 0 radical (unpaired) electrons. The van der Waals surface area contributed by atoms with Crippen molar-refractivity contribution in [3.8, 4) is 11.5 Å². The van der Waals surface area contributed by atoms with E-state index in [4.69, 9.17) is 14.2 Å². The number of carbonyl (C=O) groups is 4. The van der Waals surface area contributed by atoms with Gasteiger partial charge in [0.25, 0.3) is 5.91 Å². The third-order valence-electron chi connectivity index (χ3n) is 5.35. The molecule has 3 aromatic rings. The maximum atomic E-state index is 12.9. The largest absolute Gasteiger partial charge is 0.486 e. The number of hydrogen-bond acceptors (Lipinski definition) is 7. The topological polar surface area (TPSA) is 120 Å². The van der Waals surface area contributed by atoms with Crippen molar-refractivity contribution >= 4 is 23.7 Å². The van der Waals surface area contributed by atoms with Gasteiger partial charge >= 0.3 is 12.0 Å². The first kappa shape index (κ1) is 24.5. The van der Waals surface area contributed by atoms with Crippen LogP contribution in [-0.2, 0) is 9.53 Å². The van der Waals surface area contributed by atoms with E-state index in [0.717, 1.165) is 5.56 Å². The minimum Gasteiger partial charge on any atom is -0.486 e. The number of ether oxygens (including phenoxy) is 3. The van der Waals surface area contributed by atoms with Gasteiger partial charge in [-0.05, 0) is 25.1 Å². The van der Waals surface area contributed by atoms with Gasteiger partial charge in [-0.2, -0.15) is 0 Å². The summed E-state index contributed by atoms with van der Waals surface area (Å²) >= 11 is 0. The predicted octanol–water partition coefficient (Wildman–Crippen LogP) is 3.05. The average Bonchev–Trinajstić information content (AvgIpc) is 2.90. The number of nitrogens with one attached hydrogen (secondary N) is 2. The van der Waals surface area contributed by atoms with Crippen LogP contribution in [0.25, 0.3) is 0 Å². The SMILES string of the molecule is Cc1ccc(C(=O)c2ccccc2C(=O)OCC(=O)NC(=O)NCC2COc3ccccc3O2)cc1. The zero-order valence-electron chi connectivity index (χ0n) is 19.5. The maximum absolute atomic E-state index is 12.9. The summed E-state index contributed by atoms with van der Waals surface area (Å²) in [5, 5.41) is 4.60. The summed E-state index contributed by atoms with van der Waals surface area (Å²) < 4.78 is 16.3. The van der Waals surface area contributed by atoms with Gasteiger partial charge in [0, 0.05) is 11.1 Å². The third kappa shape index (κ3) is 6.06. The summed E-state index contributed by atoms with van der Waals surface area (Å²) in [6.45, 7) is 1.54. The van der Waals surface area contributed by atoms with Crippen molar-refractivity contribution in [2.75, 3.05) is 19.8 Å². The molecule has 1 unspecified atom stereocenters. The molecule has 9 heteroatoms. The van der Waals surface area contributed by atoms with Gasteiger partial charge in [0.1, 0.15) is 6.61 Å². The molecule has 0 saturated heterocycles. The number of aryl methyl sites for hydroxylation is 1. The quantitative estimate of drug-likeness (QED) is 0.387. The molecule has 0 aliphatic carbocycles. The van der Waals surface area contributed by atoms with Gasteiger partial charge in [-0.1, -0.05) is 60.2 Å². The molecule has 9 nitrogen and oxygen atoms in total. The first-order valence-corrected chi connectivity index (χ1v) is 11.2. The first-order chi connectivity index (χ1) is 17.4. The molecule has 1 heterocycles. The van der Waals surface area contributed by atoms with Crippen molar-refractivity contribution in [2.24, 2.45) is 0 Å². The van der Waals surface area contributed by atoms with Gasteiger partial charge in [-0.15, -0.1) is 0 Å². The van der Waals surface area contributed by atoms with E-state index in [0.29, 0.717) is 17.1 Å². The minimum atomic E-state index is -0.854. The molecule has 184 valence electrons. The molecule has 4 rings (SSSR count). The Kier molecular flexibility index (Phi) is 7.60. The Morgan fingerprint density at radius 2 is 1.56 bits per heavy atom. The number of imide groups is 1. The van der Waals surface area contributed by atoms with Crippen LogP contribution in [0.15, 0.2) is 72.8 Å². The molecule has 3 aromatic carbocycles. The van der Waals surface area contributed by atoms with E-state index in [1.54, 1.807) is 48.5 Å². The van der Waals surface area contributed by atoms with Gasteiger partial charge in [0.15, 0.2) is 30.0 Å². The van der Waals surface area contributed by atoms with Crippen LogP contribution >= 0.6 is 0 Å². The van der Waals surface area contributed by atoms with Gasteiger partial charge in [-0.25, -0.2) is 9.59 Å². The second kappa shape index (κ2) is 11.2. The number of para-hydroxylation sites is 2. The van der Waals surface area contributed by atoms with Gasteiger partial charge in [0.2, 0.25) is 0 Å². The summed E-state index contributed by atoms with van der Waals surface area (Å²) in [7, 11) is 0. The number of fused-ring (bicyclic) bond motifs is 1. The number of carbonyl (C=O) groups excluding carboxylic acids is 4. The normalized spacial score (nSPS) is 13.9. The molecule has 1 aliphatic rings. The molecule has 36 heavy (non-hydrogen) atoms. The second-order valence-corrected chi connectivity index (χ2v) is 8.07. The van der Waals surface area contributed by atoms with Crippen LogP contribution in [0.5, 0.6) is 11.5 Å². The van der Waals surface area contributed by atoms with Crippen molar-refractivity contribution in [3.63, 3.8) is 0 Å². The average molecular weight is 488 g/mol. The van der Waals surface area contributed by atoms with Crippen LogP contribution in [0, 0.1) is 6.92 Å². The molecule has 1 aliphatic heterocycles. The van der Waals surface area contributed by atoms with E-state index < -0.39 is 30.6 Å². The van der Waals surface area contributed by atoms with Crippen molar-refractivity contribution in [1.82, 2.24) is 10.6 Å². The highest BCUT2D eigenvalue weighted by atomic mass is 16.6. The van der Waals surface area contributed by atoms with Crippen molar-refractivity contribution in [2.45, 2.75) is 13.0 Å². The lowest BCUT2D eigenvalue weighted by Crippen LogP contribution is -2.46. The lowest BCUT2D eigenvalue weighted by molar-refractivity contribution is -0.123. The Hall–Kier alpha value is -4.66. The summed E-state index contributed by atoms with van der Waals surface area (Å²) in [5.74, 6) is -0.831. The van der Waals surface area contributed by atoms with Crippen molar-refractivity contribution < 1.29 is 33.4 Å². The summed E-state index contributed by atoms with van der Waals surface area (Å²) in [5.41, 5.74) is 1.60. The second-order valence-electron chi connectivity index (χ2n) is 8.07.